The van der Waals surface area contributed by atoms with E-state index in [-0.39, 0.29) is 11.9 Å². The number of carbonyl (C=O) groups is 2. The molecule has 0 N–H and O–H groups in total. The lowest BCUT2D eigenvalue weighted by Crippen LogP contribution is -2.22. The molecule has 0 saturated carbocycles. The Morgan fingerprint density at radius 2 is 1.88 bits per heavy atom. The highest BCUT2D eigenvalue weighted by atomic mass is 16.5. The molecule has 134 valence electrons. The number of Topliss-reactive ketones (excluding diaryl/α,β-unsaturated/α-hetero) is 1. The van der Waals surface area contributed by atoms with Gasteiger partial charge < -0.3 is 4.74 Å². The van der Waals surface area contributed by atoms with Gasteiger partial charge in [-0.15, -0.1) is 6.58 Å². The average molecular weight is 340 g/mol. The highest BCUT2D eigenvalue weighted by Crippen LogP contribution is 2.21. The molecule has 0 heterocycles. The Hall–Kier alpha value is -2.42. The van der Waals surface area contributed by atoms with Gasteiger partial charge in [-0.25, -0.2) is 4.79 Å². The summed E-state index contributed by atoms with van der Waals surface area (Å²) in [5.41, 5.74) is 1.32. The van der Waals surface area contributed by atoms with Gasteiger partial charge in [-0.1, -0.05) is 55.5 Å². The molecule has 3 heteroatoms. The minimum Gasteiger partial charge on any atom is -0.454 e. The predicted octanol–water partition coefficient (Wildman–Crippen LogP) is 5.14. The Labute approximate surface area is 151 Å². The molecule has 0 aliphatic rings. The highest BCUT2D eigenvalue weighted by molar-refractivity contribution is 5.88. The van der Waals surface area contributed by atoms with Crippen molar-refractivity contribution in [3.63, 3.8) is 0 Å². The Kier molecular flexibility index (Phi) is 8.06. The lowest BCUT2D eigenvalue weighted by atomic mass is 9.86. The Bertz CT molecular complexity index is 651. The summed E-state index contributed by atoms with van der Waals surface area (Å²) in [5.74, 6) is -0.371. The summed E-state index contributed by atoms with van der Waals surface area (Å²) >= 11 is 0. The Morgan fingerprint density at radius 3 is 2.44 bits per heavy atom. The number of allylic oxidation sites excluding steroid dienone is 1. The van der Waals surface area contributed by atoms with Gasteiger partial charge in [-0.05, 0) is 31.9 Å². The predicted molar refractivity (Wildman–Crippen MR) is 103 cm³/mol. The van der Waals surface area contributed by atoms with E-state index in [9.17, 15) is 9.59 Å². The fraction of sp³-hybridized carbons (Fsp3) is 0.364. The van der Waals surface area contributed by atoms with Gasteiger partial charge in [0.2, 0.25) is 0 Å². The van der Waals surface area contributed by atoms with E-state index in [2.05, 4.69) is 6.58 Å². The molecule has 0 spiro atoms. The maximum Gasteiger partial charge on any atom is 0.331 e. The third-order valence-electron chi connectivity index (χ3n) is 4.02. The number of ether oxygens (including phenoxy) is 1. The first-order chi connectivity index (χ1) is 11.8. The third-order valence-corrected chi connectivity index (χ3v) is 4.02. The van der Waals surface area contributed by atoms with E-state index in [1.165, 1.54) is 6.08 Å². The van der Waals surface area contributed by atoms with Crippen LogP contribution in [0.5, 0.6) is 0 Å². The van der Waals surface area contributed by atoms with E-state index in [4.69, 9.17) is 4.74 Å². The van der Waals surface area contributed by atoms with Gasteiger partial charge >= 0.3 is 5.97 Å². The van der Waals surface area contributed by atoms with Crippen LogP contribution in [0.1, 0.15) is 46.1 Å². The zero-order valence-corrected chi connectivity index (χ0v) is 15.6. The van der Waals surface area contributed by atoms with Crippen LogP contribution in [0.4, 0.5) is 0 Å². The van der Waals surface area contributed by atoms with Crippen LogP contribution in [0.25, 0.3) is 6.08 Å². The molecule has 0 aliphatic heterocycles. The standard InChI is InChI=1S/C22H28O3/c1-6-11-19(17(3)16-18-12-9-8-10-13-18)25-21(24)14-15-22(4,5)20(23)7-2/h6,8-10,12-16,19H,1,7,11H2,2-5H3/b15-14+,17-16+. The average Bonchev–Trinajstić information content (AvgIpc) is 2.59. The van der Waals surface area contributed by atoms with Gasteiger partial charge in [-0.2, -0.15) is 0 Å². The molecule has 1 unspecified atom stereocenters. The van der Waals surface area contributed by atoms with Crippen LogP contribution in [0, 0.1) is 5.41 Å². The summed E-state index contributed by atoms with van der Waals surface area (Å²) in [7, 11) is 0. The molecule has 25 heavy (non-hydrogen) atoms. The lowest BCUT2D eigenvalue weighted by Gasteiger charge is -2.19. The number of esters is 1. The van der Waals surface area contributed by atoms with Gasteiger partial charge in [0.05, 0.1) is 0 Å². The minimum atomic E-state index is -0.670. The van der Waals surface area contributed by atoms with Gasteiger partial charge in [0.25, 0.3) is 0 Å². The second kappa shape index (κ2) is 9.77. The molecular formula is C22H28O3. The summed E-state index contributed by atoms with van der Waals surface area (Å²) in [4.78, 5) is 24.0. The minimum absolute atomic E-state index is 0.0827. The largest absolute Gasteiger partial charge is 0.454 e. The van der Waals surface area contributed by atoms with Crippen molar-refractivity contribution in [1.29, 1.82) is 0 Å². The molecule has 0 aliphatic carbocycles. The number of ketones is 1. The Balaban J connectivity index is 2.84. The van der Waals surface area contributed by atoms with Crippen molar-refractivity contribution in [3.8, 4) is 0 Å². The molecule has 0 bridgehead atoms. The lowest BCUT2D eigenvalue weighted by molar-refractivity contribution is -0.141. The smallest absolute Gasteiger partial charge is 0.331 e. The monoisotopic (exact) mass is 340 g/mol. The van der Waals surface area contributed by atoms with Gasteiger partial charge in [0.1, 0.15) is 11.9 Å². The van der Waals surface area contributed by atoms with Gasteiger partial charge in [0, 0.05) is 24.3 Å². The highest BCUT2D eigenvalue weighted by Gasteiger charge is 2.23. The van der Waals surface area contributed by atoms with Crippen LogP contribution in [-0.2, 0) is 14.3 Å². The number of hydrogen-bond donors (Lipinski definition) is 0. The van der Waals surface area contributed by atoms with E-state index >= 15 is 0 Å². The van der Waals surface area contributed by atoms with Gasteiger partial charge in [0.15, 0.2) is 0 Å². The molecule has 1 atom stereocenters. The fourth-order valence-corrected chi connectivity index (χ4v) is 2.39. The van der Waals surface area contributed by atoms with E-state index in [1.807, 2.05) is 50.3 Å². The van der Waals surface area contributed by atoms with E-state index < -0.39 is 11.4 Å². The zero-order valence-electron chi connectivity index (χ0n) is 15.6. The van der Waals surface area contributed by atoms with E-state index in [0.29, 0.717) is 12.8 Å². The van der Waals surface area contributed by atoms with Crippen LogP contribution in [0.15, 0.2) is 60.7 Å². The van der Waals surface area contributed by atoms with Crippen LogP contribution >= 0.6 is 0 Å². The van der Waals surface area contributed by atoms with Crippen LogP contribution in [0.3, 0.4) is 0 Å². The Morgan fingerprint density at radius 1 is 1.24 bits per heavy atom. The molecule has 0 fully saturated rings. The van der Waals surface area contributed by atoms with Crippen molar-refractivity contribution in [2.75, 3.05) is 0 Å². The fourth-order valence-electron chi connectivity index (χ4n) is 2.39. The first kappa shape index (κ1) is 20.6. The third kappa shape index (κ3) is 6.92. The topological polar surface area (TPSA) is 43.4 Å². The molecular weight excluding hydrogens is 312 g/mol. The quantitative estimate of drug-likeness (QED) is 0.355. The first-order valence-electron chi connectivity index (χ1n) is 8.57. The molecule has 1 aromatic rings. The number of hydrogen-bond acceptors (Lipinski definition) is 3. The number of benzene rings is 1. The van der Waals surface area contributed by atoms with Crippen molar-refractivity contribution in [3.05, 3.63) is 66.3 Å². The summed E-state index contributed by atoms with van der Waals surface area (Å²) in [6, 6.07) is 9.87. The SMILES string of the molecule is C=CCC(OC(=O)/C=C/C(C)(C)C(=O)CC)/C(C)=C/c1ccccc1. The maximum absolute atomic E-state index is 12.2. The molecule has 3 nitrogen and oxygen atoms in total. The van der Waals surface area contributed by atoms with Crippen molar-refractivity contribution in [1.82, 2.24) is 0 Å². The van der Waals surface area contributed by atoms with Gasteiger partial charge in [-0.3, -0.25) is 4.79 Å². The van der Waals surface area contributed by atoms with Crippen molar-refractivity contribution in [2.45, 2.75) is 46.6 Å². The van der Waals surface area contributed by atoms with Crippen molar-refractivity contribution in [2.24, 2.45) is 5.41 Å². The summed E-state index contributed by atoms with van der Waals surface area (Å²) in [6.07, 6.45) is 7.28. The van der Waals surface area contributed by atoms with E-state index in [1.54, 1.807) is 26.0 Å². The van der Waals surface area contributed by atoms with Crippen molar-refractivity contribution < 1.29 is 14.3 Å². The second-order valence-corrected chi connectivity index (χ2v) is 6.58. The molecule has 1 aromatic carbocycles. The number of rotatable bonds is 9. The molecule has 0 saturated heterocycles. The van der Waals surface area contributed by atoms with E-state index in [0.717, 1.165) is 11.1 Å². The molecule has 0 amide bonds. The zero-order chi connectivity index (χ0) is 18.9. The second-order valence-electron chi connectivity index (χ2n) is 6.58. The number of carbonyl (C=O) groups excluding carboxylic acids is 2. The maximum atomic E-state index is 12.2. The van der Waals surface area contributed by atoms with Crippen LogP contribution in [0.2, 0.25) is 0 Å². The van der Waals surface area contributed by atoms with Crippen molar-refractivity contribution >= 4 is 17.8 Å². The summed E-state index contributed by atoms with van der Waals surface area (Å²) < 4.78 is 5.56. The summed E-state index contributed by atoms with van der Waals surface area (Å²) in [6.45, 7) is 11.1. The molecule has 0 aromatic heterocycles. The first-order valence-corrected chi connectivity index (χ1v) is 8.57. The van der Waals surface area contributed by atoms with Crippen LogP contribution < -0.4 is 0 Å². The molecule has 0 radical (unpaired) electrons. The molecule has 1 rings (SSSR count). The van der Waals surface area contributed by atoms with Crippen LogP contribution in [-0.4, -0.2) is 17.9 Å². The normalized spacial score (nSPS) is 13.5. The summed E-state index contributed by atoms with van der Waals surface area (Å²) in [5, 5.41) is 0.